The predicted octanol–water partition coefficient (Wildman–Crippen LogP) is 1.14. The summed E-state index contributed by atoms with van der Waals surface area (Å²) in [6, 6.07) is 2.32. The SMILES string of the molecule is CN(N)/C(=C\C(=O)N(C=O)c1cc(C(=O)O)c(C#N)cc1F)C(F)(F)F. The van der Waals surface area contributed by atoms with Crippen molar-refractivity contribution >= 4 is 24.0 Å². The lowest BCUT2D eigenvalue weighted by Crippen LogP contribution is -2.37. The summed E-state index contributed by atoms with van der Waals surface area (Å²) < 4.78 is 52.5. The number of rotatable bonds is 5. The number of benzene rings is 1. The number of nitriles is 1. The van der Waals surface area contributed by atoms with Crippen LogP contribution >= 0.6 is 0 Å². The van der Waals surface area contributed by atoms with Crippen LogP contribution in [0.15, 0.2) is 23.9 Å². The zero-order chi connectivity index (χ0) is 20.2. The van der Waals surface area contributed by atoms with Gasteiger partial charge in [-0.15, -0.1) is 0 Å². The van der Waals surface area contributed by atoms with E-state index in [-0.39, 0.29) is 22.4 Å². The fourth-order valence-corrected chi connectivity index (χ4v) is 1.81. The molecular formula is C14H10F4N4O4. The van der Waals surface area contributed by atoms with Gasteiger partial charge in [0.15, 0.2) is 0 Å². The van der Waals surface area contributed by atoms with E-state index in [4.69, 9.17) is 16.2 Å². The zero-order valence-corrected chi connectivity index (χ0v) is 12.9. The summed E-state index contributed by atoms with van der Waals surface area (Å²) >= 11 is 0. The van der Waals surface area contributed by atoms with Gasteiger partial charge >= 0.3 is 12.1 Å². The quantitative estimate of drug-likeness (QED) is 0.260. The van der Waals surface area contributed by atoms with E-state index in [9.17, 15) is 31.9 Å². The number of hydrazine groups is 1. The first kappa shape index (κ1) is 20.6. The number of hydrogen-bond donors (Lipinski definition) is 2. The van der Waals surface area contributed by atoms with Gasteiger partial charge in [-0.3, -0.25) is 9.59 Å². The Balaban J connectivity index is 3.51. The van der Waals surface area contributed by atoms with E-state index in [2.05, 4.69) is 0 Å². The van der Waals surface area contributed by atoms with Crippen molar-refractivity contribution in [3.05, 3.63) is 40.8 Å². The second-order valence-electron chi connectivity index (χ2n) is 4.72. The number of carboxylic acid groups (broad SMARTS) is 1. The maximum Gasteiger partial charge on any atom is 0.432 e. The molecule has 0 spiro atoms. The first-order valence-corrected chi connectivity index (χ1v) is 6.46. The molecule has 0 aliphatic carbocycles. The van der Waals surface area contributed by atoms with E-state index >= 15 is 0 Å². The summed E-state index contributed by atoms with van der Waals surface area (Å²) in [6.45, 7) is 0. The molecule has 0 saturated heterocycles. The Hall–Kier alpha value is -3.46. The predicted molar refractivity (Wildman–Crippen MR) is 77.7 cm³/mol. The largest absolute Gasteiger partial charge is 0.478 e. The number of amides is 2. The number of alkyl halides is 3. The molecule has 0 bridgehead atoms. The van der Waals surface area contributed by atoms with E-state index in [0.717, 1.165) is 7.05 Å². The molecule has 3 N–H and O–H groups in total. The molecule has 0 fully saturated rings. The molecule has 0 aliphatic heterocycles. The van der Waals surface area contributed by atoms with Crippen LogP contribution < -0.4 is 10.7 Å². The lowest BCUT2D eigenvalue weighted by atomic mass is 10.1. The van der Waals surface area contributed by atoms with Crippen LogP contribution in [-0.2, 0) is 9.59 Å². The van der Waals surface area contributed by atoms with Gasteiger partial charge in [0.2, 0.25) is 6.41 Å². The van der Waals surface area contributed by atoms with Crippen molar-refractivity contribution in [1.82, 2.24) is 5.01 Å². The molecule has 2 amide bonds. The summed E-state index contributed by atoms with van der Waals surface area (Å²) in [7, 11) is 0.780. The molecule has 0 heterocycles. The number of carbonyl (C=O) groups is 3. The minimum Gasteiger partial charge on any atom is -0.478 e. The van der Waals surface area contributed by atoms with E-state index in [1.807, 2.05) is 0 Å². The third-order valence-electron chi connectivity index (χ3n) is 2.97. The molecule has 26 heavy (non-hydrogen) atoms. The van der Waals surface area contributed by atoms with Crippen LogP contribution in [0.25, 0.3) is 0 Å². The Morgan fingerprint density at radius 1 is 1.35 bits per heavy atom. The molecule has 0 atom stereocenters. The Bertz CT molecular complexity index is 827. The van der Waals surface area contributed by atoms with Gasteiger partial charge in [0.05, 0.1) is 16.8 Å². The Morgan fingerprint density at radius 2 is 1.92 bits per heavy atom. The minimum atomic E-state index is -5.05. The van der Waals surface area contributed by atoms with E-state index in [1.165, 1.54) is 6.07 Å². The lowest BCUT2D eigenvalue weighted by Gasteiger charge is -2.21. The molecule has 1 aromatic rings. The summed E-state index contributed by atoms with van der Waals surface area (Å²) in [5.74, 6) is 0.309. The molecule has 0 aromatic heterocycles. The minimum absolute atomic E-state index is 0.0630. The number of nitrogens with two attached hydrogens (primary N) is 1. The Morgan fingerprint density at radius 3 is 2.31 bits per heavy atom. The Labute approximate surface area is 143 Å². The molecule has 8 nitrogen and oxygen atoms in total. The van der Waals surface area contributed by atoms with Crippen LogP contribution in [0, 0.1) is 17.1 Å². The molecule has 0 aliphatic rings. The third kappa shape index (κ3) is 4.33. The number of aromatic carboxylic acids is 1. The second-order valence-corrected chi connectivity index (χ2v) is 4.72. The van der Waals surface area contributed by atoms with Crippen LogP contribution in [0.3, 0.4) is 0 Å². The molecule has 1 rings (SSSR count). The number of nitrogens with zero attached hydrogens (tertiary/aromatic N) is 3. The van der Waals surface area contributed by atoms with Crippen LogP contribution in [0.4, 0.5) is 23.2 Å². The van der Waals surface area contributed by atoms with Gasteiger partial charge in [-0.25, -0.2) is 19.9 Å². The van der Waals surface area contributed by atoms with Gasteiger partial charge in [0, 0.05) is 13.1 Å². The van der Waals surface area contributed by atoms with Gasteiger partial charge < -0.3 is 10.1 Å². The van der Waals surface area contributed by atoms with Gasteiger partial charge in [0.25, 0.3) is 5.91 Å². The van der Waals surface area contributed by atoms with Crippen molar-refractivity contribution in [2.24, 2.45) is 5.84 Å². The number of halogens is 4. The molecular weight excluding hydrogens is 364 g/mol. The van der Waals surface area contributed by atoms with Crippen LogP contribution in [-0.4, -0.2) is 41.6 Å². The smallest absolute Gasteiger partial charge is 0.432 e. The third-order valence-corrected chi connectivity index (χ3v) is 2.97. The first-order valence-electron chi connectivity index (χ1n) is 6.46. The fraction of sp³-hybridized carbons (Fsp3) is 0.143. The molecule has 12 heteroatoms. The van der Waals surface area contributed by atoms with Crippen molar-refractivity contribution in [3.63, 3.8) is 0 Å². The highest BCUT2D eigenvalue weighted by molar-refractivity contribution is 6.13. The molecule has 0 unspecified atom stereocenters. The number of anilines is 1. The fourth-order valence-electron chi connectivity index (χ4n) is 1.81. The van der Waals surface area contributed by atoms with Gasteiger partial charge in [-0.2, -0.15) is 18.4 Å². The molecule has 138 valence electrons. The maximum atomic E-state index is 14.0. The van der Waals surface area contributed by atoms with E-state index in [0.29, 0.717) is 12.1 Å². The van der Waals surface area contributed by atoms with Crippen molar-refractivity contribution in [1.29, 1.82) is 5.26 Å². The monoisotopic (exact) mass is 374 g/mol. The summed E-state index contributed by atoms with van der Waals surface area (Å²) in [5, 5.41) is 17.8. The average Bonchev–Trinajstić information content (AvgIpc) is 2.52. The maximum absolute atomic E-state index is 14.0. The number of carboxylic acids is 1. The highest BCUT2D eigenvalue weighted by Gasteiger charge is 2.37. The number of hydrogen-bond acceptors (Lipinski definition) is 6. The van der Waals surface area contributed by atoms with Crippen molar-refractivity contribution < 1.29 is 37.1 Å². The second kappa shape index (κ2) is 7.62. The van der Waals surface area contributed by atoms with Crippen LogP contribution in [0.5, 0.6) is 0 Å². The average molecular weight is 374 g/mol. The highest BCUT2D eigenvalue weighted by atomic mass is 19.4. The number of imide groups is 1. The number of allylic oxidation sites excluding steroid dienone is 1. The molecule has 1 aromatic carbocycles. The standard InChI is InChI=1S/C14H10F4N4O4/c1-21(20)11(14(16,17)18)4-12(24)22(6-23)10-3-8(13(25)26)7(5-19)2-9(10)15/h2-4,6H,20H2,1H3,(H,25,26)/b11-4-. The van der Waals surface area contributed by atoms with Crippen LogP contribution in [0.1, 0.15) is 15.9 Å². The molecule has 0 radical (unpaired) electrons. The van der Waals surface area contributed by atoms with Gasteiger partial charge in [0.1, 0.15) is 17.6 Å². The lowest BCUT2D eigenvalue weighted by molar-refractivity contribution is -0.122. The van der Waals surface area contributed by atoms with Gasteiger partial charge in [-0.1, -0.05) is 0 Å². The topological polar surface area (TPSA) is 128 Å². The molecule has 0 saturated carbocycles. The van der Waals surface area contributed by atoms with E-state index < -0.39 is 46.4 Å². The van der Waals surface area contributed by atoms with Crippen molar-refractivity contribution in [3.8, 4) is 6.07 Å². The van der Waals surface area contributed by atoms with Crippen LogP contribution in [0.2, 0.25) is 0 Å². The van der Waals surface area contributed by atoms with Gasteiger partial charge in [-0.05, 0) is 12.1 Å². The van der Waals surface area contributed by atoms with Crippen molar-refractivity contribution in [2.45, 2.75) is 6.18 Å². The number of carbonyl (C=O) groups excluding carboxylic acids is 2. The highest BCUT2D eigenvalue weighted by Crippen LogP contribution is 2.28. The normalized spacial score (nSPS) is 11.5. The van der Waals surface area contributed by atoms with E-state index in [1.54, 1.807) is 0 Å². The summed E-state index contributed by atoms with van der Waals surface area (Å²) in [6.07, 6.45) is -5.42. The summed E-state index contributed by atoms with van der Waals surface area (Å²) in [5.41, 5.74) is -3.94. The van der Waals surface area contributed by atoms with Crippen molar-refractivity contribution in [2.75, 3.05) is 11.9 Å². The summed E-state index contributed by atoms with van der Waals surface area (Å²) in [4.78, 5) is 34.1. The first-order chi connectivity index (χ1) is 11.9. The Kier molecular flexibility index (Phi) is 6.03. The zero-order valence-electron chi connectivity index (χ0n) is 12.9.